The molecule has 0 rings (SSSR count). The van der Waals surface area contributed by atoms with Crippen molar-refractivity contribution in [2.24, 2.45) is 11.5 Å². The van der Waals surface area contributed by atoms with E-state index in [-0.39, 0.29) is 0 Å². The average Bonchev–Trinajstić information content (AvgIpc) is 1.36. The minimum absolute atomic E-state index is 0.602. The van der Waals surface area contributed by atoms with Crippen molar-refractivity contribution in [1.82, 2.24) is 0 Å². The molecule has 0 aliphatic rings. The molecule has 0 saturated heterocycles. The van der Waals surface area contributed by atoms with Crippen LogP contribution in [0.15, 0.2) is 0 Å². The summed E-state index contributed by atoms with van der Waals surface area (Å²) in [6.45, 7) is 0. The Labute approximate surface area is 34.6 Å². The molecule has 0 aromatic rings. The third-order valence-corrected chi connectivity index (χ3v) is 0.265. The molecule has 34 valence electrons. The maximum absolute atomic E-state index is 9.57. The molecule has 0 spiro atoms. The van der Waals surface area contributed by atoms with Crippen LogP contribution in [0.2, 0.25) is 0 Å². The Morgan fingerprint density at radius 1 is 1.50 bits per heavy atom. The molecule has 1 amide bonds. The molecular formula is C2H5N3O. The number of nitrogens with two attached hydrogens (primary N) is 2. The van der Waals surface area contributed by atoms with E-state index in [9.17, 15) is 4.79 Å². The zero-order chi connectivity index (χ0) is 5.15. The van der Waals surface area contributed by atoms with Gasteiger partial charge in [-0.1, -0.05) is 0 Å². The maximum Gasteiger partial charge on any atom is 0.283 e. The Morgan fingerprint density at radius 2 is 1.67 bits per heavy atom. The highest BCUT2D eigenvalue weighted by Gasteiger charge is 1.90. The number of amides is 1. The van der Waals surface area contributed by atoms with Crippen molar-refractivity contribution in [3.63, 3.8) is 0 Å². The van der Waals surface area contributed by atoms with E-state index in [1.807, 2.05) is 0 Å². The number of hydrogen-bond donors (Lipinski definition) is 3. The highest BCUT2D eigenvalue weighted by Crippen LogP contribution is 1.46. The minimum atomic E-state index is -0.880. The molecule has 0 aromatic heterocycles. The molecule has 0 radical (unpaired) electrons. The van der Waals surface area contributed by atoms with E-state index in [0.717, 1.165) is 0 Å². The molecule has 0 fully saturated rings. The number of rotatable bonds is 0. The molecule has 0 heterocycles. The number of carbonyl (C=O) groups excluding carboxylic acids is 1. The van der Waals surface area contributed by atoms with Crippen LogP contribution in [-0.4, -0.2) is 11.7 Å². The predicted octanol–water partition coefficient (Wildman–Crippen LogP) is -1.59. The van der Waals surface area contributed by atoms with Gasteiger partial charge in [0.15, 0.2) is 5.84 Å². The fraction of sp³-hybridized carbons (Fsp3) is 0. The van der Waals surface area contributed by atoms with Crippen LogP contribution in [-0.2, 0) is 4.79 Å². The smallest absolute Gasteiger partial charge is 0.283 e. The van der Waals surface area contributed by atoms with Crippen LogP contribution >= 0.6 is 0 Å². The third kappa shape index (κ3) is 1.28. The summed E-state index contributed by atoms with van der Waals surface area (Å²) in [4.78, 5) is 9.57. The van der Waals surface area contributed by atoms with Gasteiger partial charge in [0, 0.05) is 0 Å². The second-order valence-corrected chi connectivity index (χ2v) is 0.778. The van der Waals surface area contributed by atoms with Crippen molar-refractivity contribution in [3.8, 4) is 0 Å². The van der Waals surface area contributed by atoms with Crippen LogP contribution in [0.4, 0.5) is 0 Å². The van der Waals surface area contributed by atoms with Crippen LogP contribution < -0.4 is 11.5 Å². The molecule has 0 unspecified atom stereocenters. The fourth-order valence-electron chi connectivity index (χ4n) is 0. The first kappa shape index (κ1) is 4.94. The number of carbonyl (C=O) groups is 1. The van der Waals surface area contributed by atoms with Gasteiger partial charge in [-0.3, -0.25) is 10.2 Å². The molecule has 6 heavy (non-hydrogen) atoms. The minimum Gasteiger partial charge on any atom is -0.380 e. The van der Waals surface area contributed by atoms with E-state index in [4.69, 9.17) is 5.41 Å². The van der Waals surface area contributed by atoms with Crippen LogP contribution in [0.1, 0.15) is 0 Å². The van der Waals surface area contributed by atoms with Gasteiger partial charge in [-0.2, -0.15) is 0 Å². The van der Waals surface area contributed by atoms with E-state index in [2.05, 4.69) is 11.5 Å². The molecule has 4 heteroatoms. The Bertz CT molecular complexity index is 74.8. The standard InChI is InChI=1S/C2H5N3O/c3-1(4)2(5)6/h(H3,3,4)(H2,5,6). The van der Waals surface area contributed by atoms with E-state index in [1.54, 1.807) is 0 Å². The molecule has 5 N–H and O–H groups in total. The molecule has 0 aliphatic carbocycles. The number of primary amides is 1. The van der Waals surface area contributed by atoms with E-state index in [0.29, 0.717) is 0 Å². The third-order valence-electron chi connectivity index (χ3n) is 0.265. The van der Waals surface area contributed by atoms with Crippen LogP contribution in [0.3, 0.4) is 0 Å². The van der Waals surface area contributed by atoms with Gasteiger partial charge in [0.05, 0.1) is 0 Å². The molecular weight excluding hydrogens is 82.0 g/mol. The summed E-state index contributed by atoms with van der Waals surface area (Å²) >= 11 is 0. The molecule has 0 bridgehead atoms. The largest absolute Gasteiger partial charge is 0.380 e. The summed E-state index contributed by atoms with van der Waals surface area (Å²) in [5, 5.41) is 6.25. The lowest BCUT2D eigenvalue weighted by molar-refractivity contribution is -0.112. The van der Waals surface area contributed by atoms with Gasteiger partial charge in [-0.05, 0) is 0 Å². The topological polar surface area (TPSA) is 93.0 Å². The zero-order valence-electron chi connectivity index (χ0n) is 3.06. The zero-order valence-corrected chi connectivity index (χ0v) is 3.06. The van der Waals surface area contributed by atoms with Gasteiger partial charge in [-0.25, -0.2) is 0 Å². The van der Waals surface area contributed by atoms with Gasteiger partial charge in [0.1, 0.15) is 0 Å². The fourth-order valence-corrected chi connectivity index (χ4v) is 0. The Hall–Kier alpha value is -1.06. The van der Waals surface area contributed by atoms with Gasteiger partial charge in [0.2, 0.25) is 0 Å². The van der Waals surface area contributed by atoms with Crippen molar-refractivity contribution >= 4 is 11.7 Å². The van der Waals surface area contributed by atoms with Crippen molar-refractivity contribution in [2.45, 2.75) is 0 Å². The number of hydrogen-bond acceptors (Lipinski definition) is 2. The van der Waals surface area contributed by atoms with Crippen molar-refractivity contribution < 1.29 is 4.79 Å². The number of amidine groups is 1. The summed E-state index contributed by atoms with van der Waals surface area (Å²) < 4.78 is 0. The summed E-state index contributed by atoms with van der Waals surface area (Å²) in [7, 11) is 0. The van der Waals surface area contributed by atoms with Crippen molar-refractivity contribution in [3.05, 3.63) is 0 Å². The second kappa shape index (κ2) is 1.40. The highest BCUT2D eigenvalue weighted by molar-refractivity contribution is 6.35. The van der Waals surface area contributed by atoms with Gasteiger partial charge < -0.3 is 11.5 Å². The SMILES string of the molecule is N=C(N)C(N)=O. The molecule has 4 nitrogen and oxygen atoms in total. The molecule has 0 aliphatic heterocycles. The highest BCUT2D eigenvalue weighted by atomic mass is 16.1. The van der Waals surface area contributed by atoms with Crippen LogP contribution in [0, 0.1) is 5.41 Å². The molecule has 0 atom stereocenters. The lowest BCUT2D eigenvalue weighted by Crippen LogP contribution is -2.29. The lowest BCUT2D eigenvalue weighted by atomic mass is 10.6. The normalized spacial score (nSPS) is 7.33. The van der Waals surface area contributed by atoms with Crippen molar-refractivity contribution in [1.29, 1.82) is 5.41 Å². The summed E-state index contributed by atoms with van der Waals surface area (Å²) in [5.74, 6) is -1.48. The van der Waals surface area contributed by atoms with E-state index < -0.39 is 11.7 Å². The molecule has 0 saturated carbocycles. The van der Waals surface area contributed by atoms with Gasteiger partial charge in [0.25, 0.3) is 5.91 Å². The van der Waals surface area contributed by atoms with Crippen molar-refractivity contribution in [2.75, 3.05) is 0 Å². The summed E-state index contributed by atoms with van der Waals surface area (Å²) in [6, 6.07) is 0. The van der Waals surface area contributed by atoms with Crippen LogP contribution in [0.25, 0.3) is 0 Å². The maximum atomic E-state index is 9.57. The predicted molar refractivity (Wildman–Crippen MR) is 21.1 cm³/mol. The van der Waals surface area contributed by atoms with Gasteiger partial charge in [-0.15, -0.1) is 0 Å². The first-order chi connectivity index (χ1) is 2.64. The van der Waals surface area contributed by atoms with Crippen LogP contribution in [0.5, 0.6) is 0 Å². The van der Waals surface area contributed by atoms with E-state index >= 15 is 0 Å². The monoisotopic (exact) mass is 87.0 g/mol. The first-order valence-electron chi connectivity index (χ1n) is 1.28. The molecule has 0 aromatic carbocycles. The second-order valence-electron chi connectivity index (χ2n) is 0.778. The average molecular weight is 87.1 g/mol. The van der Waals surface area contributed by atoms with E-state index in [1.165, 1.54) is 0 Å². The Balaban J connectivity index is 3.57. The first-order valence-corrected chi connectivity index (χ1v) is 1.28. The lowest BCUT2D eigenvalue weighted by Gasteiger charge is -1.80. The summed E-state index contributed by atoms with van der Waals surface area (Å²) in [6.07, 6.45) is 0. The van der Waals surface area contributed by atoms with Gasteiger partial charge >= 0.3 is 0 Å². The quantitative estimate of drug-likeness (QED) is 0.245. The Kier molecular flexibility index (Phi) is 1.15. The number of nitrogens with one attached hydrogen (secondary N) is 1. The Morgan fingerprint density at radius 3 is 1.67 bits per heavy atom. The summed E-state index contributed by atoms with van der Waals surface area (Å²) in [5.41, 5.74) is 8.99.